The Morgan fingerprint density at radius 1 is 0.923 bits per heavy atom. The molecule has 0 bridgehead atoms. The van der Waals surface area contributed by atoms with E-state index in [0.717, 1.165) is 46.4 Å². The van der Waals surface area contributed by atoms with Gasteiger partial charge >= 0.3 is 6.16 Å². The fraction of sp³-hybridized carbons (Fsp3) is 0.375. The van der Waals surface area contributed by atoms with E-state index >= 15 is 0 Å². The van der Waals surface area contributed by atoms with Crippen molar-refractivity contribution in [2.75, 3.05) is 14.2 Å². The van der Waals surface area contributed by atoms with E-state index in [1.807, 2.05) is 63.2 Å². The van der Waals surface area contributed by atoms with Crippen LogP contribution < -0.4 is 14.2 Å². The molecule has 0 aliphatic heterocycles. The maximum atomic E-state index is 12.3. The first-order valence-corrected chi connectivity index (χ1v) is 13.3. The number of aryl methyl sites for hydroxylation is 1. The zero-order valence-electron chi connectivity index (χ0n) is 23.9. The summed E-state index contributed by atoms with van der Waals surface area (Å²) in [6.07, 6.45) is 1.20. The Kier molecular flexibility index (Phi) is 8.48. The van der Waals surface area contributed by atoms with Gasteiger partial charge in [0, 0.05) is 30.7 Å². The minimum Gasteiger partial charge on any atom is -0.493 e. The molecule has 0 unspecified atom stereocenters. The van der Waals surface area contributed by atoms with Gasteiger partial charge in [0.25, 0.3) is 0 Å². The highest BCUT2D eigenvalue weighted by molar-refractivity contribution is 5.81. The number of hydrogen-bond donors (Lipinski definition) is 0. The lowest BCUT2D eigenvalue weighted by atomic mass is 10.0. The summed E-state index contributed by atoms with van der Waals surface area (Å²) in [5.74, 6) is 3.41. The first-order valence-electron chi connectivity index (χ1n) is 13.3. The van der Waals surface area contributed by atoms with Crippen molar-refractivity contribution in [2.45, 2.75) is 59.6 Å². The largest absolute Gasteiger partial charge is 0.514 e. The maximum absolute atomic E-state index is 12.3. The topological polar surface area (TPSA) is 71.8 Å². The number of rotatable bonds is 9. The number of imidazole rings is 1. The molecule has 1 aromatic heterocycles. The number of nitrogens with zero attached hydrogens (tertiary/aromatic N) is 2. The van der Waals surface area contributed by atoms with Gasteiger partial charge in [-0.15, -0.1) is 0 Å². The molecule has 7 heteroatoms. The summed E-state index contributed by atoms with van der Waals surface area (Å²) in [5, 5.41) is 0. The Morgan fingerprint density at radius 3 is 2.23 bits per heavy atom. The molecule has 0 N–H and O–H groups in total. The Hall–Kier alpha value is -4.00. The Morgan fingerprint density at radius 2 is 1.59 bits per heavy atom. The molecule has 4 rings (SSSR count). The van der Waals surface area contributed by atoms with Crippen LogP contribution in [0.25, 0.3) is 22.2 Å². The van der Waals surface area contributed by atoms with Gasteiger partial charge in [-0.3, -0.25) is 0 Å². The number of carbonyl (C=O) groups excluding carboxylic acids is 1. The lowest BCUT2D eigenvalue weighted by molar-refractivity contribution is 0.0207. The number of aromatic nitrogens is 2. The smallest absolute Gasteiger partial charge is 0.493 e. The van der Waals surface area contributed by atoms with Crippen LogP contribution in [0.1, 0.15) is 52.4 Å². The molecule has 3 aromatic carbocycles. The highest BCUT2D eigenvalue weighted by Gasteiger charge is 2.20. The zero-order valence-corrected chi connectivity index (χ0v) is 23.9. The van der Waals surface area contributed by atoms with Crippen molar-refractivity contribution in [3.05, 3.63) is 72.1 Å². The summed E-state index contributed by atoms with van der Waals surface area (Å²) in [4.78, 5) is 17.3. The van der Waals surface area contributed by atoms with E-state index in [1.54, 1.807) is 20.3 Å². The maximum Gasteiger partial charge on any atom is 0.514 e. The van der Waals surface area contributed by atoms with Gasteiger partial charge in [-0.25, -0.2) is 9.78 Å². The van der Waals surface area contributed by atoms with E-state index in [4.69, 9.17) is 23.9 Å². The van der Waals surface area contributed by atoms with Gasteiger partial charge < -0.3 is 23.5 Å². The number of para-hydroxylation sites is 1. The van der Waals surface area contributed by atoms with E-state index < -0.39 is 11.8 Å². The van der Waals surface area contributed by atoms with E-state index in [2.05, 4.69) is 30.5 Å². The van der Waals surface area contributed by atoms with Crippen molar-refractivity contribution < 1.29 is 23.7 Å². The van der Waals surface area contributed by atoms with Crippen LogP contribution in [0.3, 0.4) is 0 Å². The molecule has 0 saturated carbocycles. The van der Waals surface area contributed by atoms with Crippen LogP contribution in [-0.2, 0) is 17.7 Å². The van der Waals surface area contributed by atoms with E-state index in [1.165, 1.54) is 0 Å². The van der Waals surface area contributed by atoms with Crippen molar-refractivity contribution in [3.63, 3.8) is 0 Å². The number of hydrogen-bond acceptors (Lipinski definition) is 6. The van der Waals surface area contributed by atoms with Gasteiger partial charge in [0.05, 0.1) is 25.3 Å². The second kappa shape index (κ2) is 11.8. The first-order chi connectivity index (χ1) is 18.6. The highest BCUT2D eigenvalue weighted by Crippen LogP contribution is 2.34. The van der Waals surface area contributed by atoms with Crippen LogP contribution in [0, 0.1) is 5.92 Å². The molecule has 0 aliphatic carbocycles. The molecule has 0 saturated heterocycles. The predicted molar refractivity (Wildman–Crippen MR) is 154 cm³/mol. The quantitative estimate of drug-likeness (QED) is 0.163. The van der Waals surface area contributed by atoms with Crippen LogP contribution in [0.5, 0.6) is 17.2 Å². The van der Waals surface area contributed by atoms with Gasteiger partial charge in [-0.05, 0) is 50.3 Å². The summed E-state index contributed by atoms with van der Waals surface area (Å²) < 4.78 is 24.2. The van der Waals surface area contributed by atoms with Gasteiger partial charge in [-0.1, -0.05) is 56.3 Å². The van der Waals surface area contributed by atoms with Gasteiger partial charge in [-0.2, -0.15) is 0 Å². The lowest BCUT2D eigenvalue weighted by Crippen LogP contribution is -2.26. The standard InChI is InChI=1S/C32H38N2O5/c1-21(2)12-17-30-33-25-18-28(36-6)29(37-7)19-26(25)34(30)20-22-13-15-23(16-14-22)24-10-8-9-11-27(24)38-31(35)39-32(3,4)5/h8-11,13-16,18-19,21H,12,17,20H2,1-7H3. The molecule has 39 heavy (non-hydrogen) atoms. The molecular formula is C32H38N2O5. The predicted octanol–water partition coefficient (Wildman–Crippen LogP) is 7.67. The number of carbonyl (C=O) groups is 1. The third kappa shape index (κ3) is 6.91. The molecule has 0 atom stereocenters. The summed E-state index contributed by atoms with van der Waals surface area (Å²) in [6.45, 7) is 10.5. The number of fused-ring (bicyclic) bond motifs is 1. The third-order valence-corrected chi connectivity index (χ3v) is 6.35. The highest BCUT2D eigenvalue weighted by atomic mass is 16.7. The third-order valence-electron chi connectivity index (χ3n) is 6.35. The van der Waals surface area contributed by atoms with Crippen LogP contribution >= 0.6 is 0 Å². The van der Waals surface area contributed by atoms with Crippen LogP contribution in [0.15, 0.2) is 60.7 Å². The molecule has 0 fully saturated rings. The molecule has 1 heterocycles. The van der Waals surface area contributed by atoms with Gasteiger partial charge in [0.2, 0.25) is 0 Å². The molecule has 7 nitrogen and oxygen atoms in total. The van der Waals surface area contributed by atoms with Crippen molar-refractivity contribution >= 4 is 17.2 Å². The van der Waals surface area contributed by atoms with Gasteiger partial charge in [0.1, 0.15) is 17.2 Å². The van der Waals surface area contributed by atoms with Crippen molar-refractivity contribution in [3.8, 4) is 28.4 Å². The summed E-state index contributed by atoms with van der Waals surface area (Å²) in [6, 6.07) is 19.7. The average molecular weight is 531 g/mol. The molecule has 4 aromatic rings. The summed E-state index contributed by atoms with van der Waals surface area (Å²) in [5.41, 5.74) is 4.15. The Labute approximate surface area is 230 Å². The number of methoxy groups -OCH3 is 2. The fourth-order valence-corrected chi connectivity index (χ4v) is 4.41. The Bertz CT molecular complexity index is 1430. The molecule has 0 radical (unpaired) electrons. The van der Waals surface area contributed by atoms with E-state index in [0.29, 0.717) is 29.7 Å². The van der Waals surface area contributed by atoms with E-state index in [-0.39, 0.29) is 0 Å². The normalized spacial score (nSPS) is 11.6. The molecular weight excluding hydrogens is 492 g/mol. The van der Waals surface area contributed by atoms with Crippen molar-refractivity contribution in [2.24, 2.45) is 5.92 Å². The van der Waals surface area contributed by atoms with Crippen LogP contribution in [0.4, 0.5) is 4.79 Å². The Balaban J connectivity index is 1.63. The number of ether oxygens (including phenoxy) is 4. The minimum absolute atomic E-state index is 0.456. The lowest BCUT2D eigenvalue weighted by Gasteiger charge is -2.19. The number of benzene rings is 3. The van der Waals surface area contributed by atoms with Crippen molar-refractivity contribution in [1.82, 2.24) is 9.55 Å². The summed E-state index contributed by atoms with van der Waals surface area (Å²) >= 11 is 0. The SMILES string of the molecule is COc1cc2nc(CCC(C)C)n(Cc3ccc(-c4ccccc4OC(=O)OC(C)(C)C)cc3)c2cc1OC. The molecule has 0 spiro atoms. The summed E-state index contributed by atoms with van der Waals surface area (Å²) in [7, 11) is 3.28. The minimum atomic E-state index is -0.723. The molecule has 0 amide bonds. The van der Waals surface area contributed by atoms with Gasteiger partial charge in [0.15, 0.2) is 11.5 Å². The molecule has 206 valence electrons. The van der Waals surface area contributed by atoms with Crippen LogP contribution in [0.2, 0.25) is 0 Å². The first kappa shape index (κ1) is 28.0. The second-order valence-electron chi connectivity index (χ2n) is 11.0. The zero-order chi connectivity index (χ0) is 28.2. The monoisotopic (exact) mass is 530 g/mol. The second-order valence-corrected chi connectivity index (χ2v) is 11.0. The fourth-order valence-electron chi connectivity index (χ4n) is 4.41. The van der Waals surface area contributed by atoms with Crippen LogP contribution in [-0.4, -0.2) is 35.5 Å². The van der Waals surface area contributed by atoms with Crippen molar-refractivity contribution in [1.29, 1.82) is 0 Å². The molecule has 0 aliphatic rings. The van der Waals surface area contributed by atoms with E-state index in [9.17, 15) is 4.79 Å². The average Bonchev–Trinajstić information content (AvgIpc) is 3.22.